The molecular formula is C10H14N2O2S. The van der Waals surface area contributed by atoms with Crippen LogP contribution in [-0.2, 0) is 4.79 Å². The van der Waals surface area contributed by atoms with E-state index in [1.54, 1.807) is 5.51 Å². The summed E-state index contributed by atoms with van der Waals surface area (Å²) in [6.07, 6.45) is 2.08. The number of carboxylic acid groups (broad SMARTS) is 1. The summed E-state index contributed by atoms with van der Waals surface area (Å²) in [5.74, 6) is -0.561. The SMILES string of the molecule is CC(C)CC(N=Cc1cscn1)C(=O)O. The molecule has 0 aromatic carbocycles. The Hall–Kier alpha value is -1.23. The van der Waals surface area contributed by atoms with E-state index in [9.17, 15) is 4.79 Å². The van der Waals surface area contributed by atoms with Crippen molar-refractivity contribution < 1.29 is 9.90 Å². The van der Waals surface area contributed by atoms with Gasteiger partial charge in [0.05, 0.1) is 11.2 Å². The standard InChI is InChI=1S/C10H14N2O2S/c1-7(2)3-9(10(13)14)11-4-8-5-15-6-12-8/h4-7,9H,3H2,1-2H3,(H,13,14). The molecule has 0 bridgehead atoms. The Morgan fingerprint density at radius 2 is 2.47 bits per heavy atom. The molecule has 5 heteroatoms. The van der Waals surface area contributed by atoms with E-state index in [1.807, 2.05) is 19.2 Å². The van der Waals surface area contributed by atoms with Gasteiger partial charge in [0.15, 0.2) is 0 Å². The van der Waals surface area contributed by atoms with Gasteiger partial charge < -0.3 is 5.11 Å². The fraction of sp³-hybridized carbons (Fsp3) is 0.500. The number of aliphatic carboxylic acids is 1. The van der Waals surface area contributed by atoms with Crippen LogP contribution in [0.3, 0.4) is 0 Å². The van der Waals surface area contributed by atoms with Crippen LogP contribution in [0, 0.1) is 5.92 Å². The Labute approximate surface area is 92.7 Å². The number of nitrogens with zero attached hydrogens (tertiary/aromatic N) is 2. The average Bonchev–Trinajstić information content (AvgIpc) is 2.63. The molecule has 15 heavy (non-hydrogen) atoms. The zero-order valence-corrected chi connectivity index (χ0v) is 9.57. The topological polar surface area (TPSA) is 62.5 Å². The van der Waals surface area contributed by atoms with E-state index in [-0.39, 0.29) is 0 Å². The molecule has 82 valence electrons. The van der Waals surface area contributed by atoms with E-state index in [0.717, 1.165) is 5.69 Å². The summed E-state index contributed by atoms with van der Waals surface area (Å²) in [6.45, 7) is 3.96. The lowest BCUT2D eigenvalue weighted by atomic mass is 10.0. The molecule has 0 aliphatic rings. The lowest BCUT2D eigenvalue weighted by Gasteiger charge is -2.09. The first kappa shape index (κ1) is 11.8. The molecule has 0 fully saturated rings. The number of aliphatic imine (C=N–C) groups is 1. The molecule has 1 heterocycles. The minimum Gasteiger partial charge on any atom is -0.480 e. The second-order valence-electron chi connectivity index (χ2n) is 3.68. The smallest absolute Gasteiger partial charge is 0.328 e. The summed E-state index contributed by atoms with van der Waals surface area (Å²) in [5, 5.41) is 10.8. The van der Waals surface area contributed by atoms with Gasteiger partial charge in [-0.15, -0.1) is 11.3 Å². The molecule has 1 rings (SSSR count). The molecule has 0 saturated heterocycles. The van der Waals surface area contributed by atoms with Crippen LogP contribution in [0.2, 0.25) is 0 Å². The molecule has 0 radical (unpaired) electrons. The summed E-state index contributed by atoms with van der Waals surface area (Å²) >= 11 is 1.46. The van der Waals surface area contributed by atoms with Gasteiger partial charge in [0, 0.05) is 11.6 Å². The average molecular weight is 226 g/mol. The number of hydrogen-bond acceptors (Lipinski definition) is 4. The molecule has 1 N–H and O–H groups in total. The van der Waals surface area contributed by atoms with Crippen molar-refractivity contribution in [2.45, 2.75) is 26.3 Å². The number of thiazole rings is 1. The minimum absolute atomic E-state index is 0.318. The Balaban J connectivity index is 2.62. The van der Waals surface area contributed by atoms with Gasteiger partial charge in [-0.1, -0.05) is 13.8 Å². The third kappa shape index (κ3) is 4.20. The van der Waals surface area contributed by atoms with Crippen molar-refractivity contribution >= 4 is 23.5 Å². The van der Waals surface area contributed by atoms with Crippen LogP contribution < -0.4 is 0 Å². The Morgan fingerprint density at radius 1 is 1.73 bits per heavy atom. The van der Waals surface area contributed by atoms with E-state index in [0.29, 0.717) is 12.3 Å². The van der Waals surface area contributed by atoms with Gasteiger partial charge in [-0.2, -0.15) is 0 Å². The summed E-state index contributed by atoms with van der Waals surface area (Å²) in [4.78, 5) is 18.9. The van der Waals surface area contributed by atoms with Gasteiger partial charge in [0.1, 0.15) is 6.04 Å². The third-order valence-electron chi connectivity index (χ3n) is 1.82. The van der Waals surface area contributed by atoms with Crippen LogP contribution in [0.5, 0.6) is 0 Å². The van der Waals surface area contributed by atoms with Gasteiger partial charge in [-0.05, 0) is 12.3 Å². The summed E-state index contributed by atoms with van der Waals surface area (Å²) in [5.41, 5.74) is 2.41. The van der Waals surface area contributed by atoms with Crippen molar-refractivity contribution in [2.75, 3.05) is 0 Å². The zero-order chi connectivity index (χ0) is 11.3. The van der Waals surface area contributed by atoms with E-state index in [1.165, 1.54) is 17.6 Å². The van der Waals surface area contributed by atoms with Gasteiger partial charge >= 0.3 is 5.97 Å². The predicted molar refractivity (Wildman–Crippen MR) is 60.6 cm³/mol. The predicted octanol–water partition coefficient (Wildman–Crippen LogP) is 2.06. The van der Waals surface area contributed by atoms with Gasteiger partial charge in [0.25, 0.3) is 0 Å². The number of aromatic nitrogens is 1. The minimum atomic E-state index is -0.879. The maximum Gasteiger partial charge on any atom is 0.328 e. The zero-order valence-electron chi connectivity index (χ0n) is 8.75. The highest BCUT2D eigenvalue weighted by Crippen LogP contribution is 2.08. The first-order valence-corrected chi connectivity index (χ1v) is 5.68. The van der Waals surface area contributed by atoms with Crippen LogP contribution in [0.4, 0.5) is 0 Å². The van der Waals surface area contributed by atoms with Crippen molar-refractivity contribution in [3.05, 3.63) is 16.6 Å². The molecule has 0 spiro atoms. The molecule has 1 aromatic heterocycles. The summed E-state index contributed by atoms with van der Waals surface area (Å²) in [7, 11) is 0. The summed E-state index contributed by atoms with van der Waals surface area (Å²) in [6, 6.07) is -0.660. The van der Waals surface area contributed by atoms with Crippen LogP contribution in [0.1, 0.15) is 26.0 Å². The van der Waals surface area contributed by atoms with Crippen LogP contribution in [-0.4, -0.2) is 28.3 Å². The van der Waals surface area contributed by atoms with Crippen molar-refractivity contribution in [2.24, 2.45) is 10.9 Å². The Kier molecular flexibility index (Phi) is 4.42. The molecule has 0 aliphatic carbocycles. The molecule has 0 aliphatic heterocycles. The van der Waals surface area contributed by atoms with Crippen molar-refractivity contribution in [3.8, 4) is 0 Å². The van der Waals surface area contributed by atoms with Gasteiger partial charge in [-0.25, -0.2) is 9.78 Å². The van der Waals surface area contributed by atoms with Gasteiger partial charge in [0.2, 0.25) is 0 Å². The number of carboxylic acids is 1. The lowest BCUT2D eigenvalue weighted by molar-refractivity contribution is -0.138. The first-order chi connectivity index (χ1) is 7.09. The molecule has 1 atom stereocenters. The lowest BCUT2D eigenvalue weighted by Crippen LogP contribution is -2.20. The Morgan fingerprint density at radius 3 is 2.93 bits per heavy atom. The summed E-state index contributed by atoms with van der Waals surface area (Å²) < 4.78 is 0. The molecule has 1 unspecified atom stereocenters. The Bertz CT molecular complexity index is 333. The van der Waals surface area contributed by atoms with Crippen LogP contribution >= 0.6 is 11.3 Å². The van der Waals surface area contributed by atoms with Crippen molar-refractivity contribution in [1.29, 1.82) is 0 Å². The molecule has 0 saturated carbocycles. The number of carbonyl (C=O) groups is 1. The van der Waals surface area contributed by atoms with E-state index < -0.39 is 12.0 Å². The van der Waals surface area contributed by atoms with E-state index in [4.69, 9.17) is 5.11 Å². The van der Waals surface area contributed by atoms with Crippen molar-refractivity contribution in [3.63, 3.8) is 0 Å². The maximum absolute atomic E-state index is 10.9. The van der Waals surface area contributed by atoms with E-state index >= 15 is 0 Å². The van der Waals surface area contributed by atoms with Gasteiger partial charge in [-0.3, -0.25) is 4.99 Å². The third-order valence-corrected chi connectivity index (χ3v) is 2.42. The first-order valence-electron chi connectivity index (χ1n) is 4.73. The fourth-order valence-corrected chi connectivity index (χ4v) is 1.63. The quantitative estimate of drug-likeness (QED) is 0.782. The maximum atomic E-state index is 10.9. The fourth-order valence-electron chi connectivity index (χ4n) is 1.12. The largest absolute Gasteiger partial charge is 0.480 e. The molecule has 0 amide bonds. The van der Waals surface area contributed by atoms with Crippen molar-refractivity contribution in [1.82, 2.24) is 4.98 Å². The second-order valence-corrected chi connectivity index (χ2v) is 4.39. The number of rotatable bonds is 5. The van der Waals surface area contributed by atoms with E-state index in [2.05, 4.69) is 9.98 Å². The highest BCUT2D eigenvalue weighted by molar-refractivity contribution is 7.07. The normalized spacial score (nSPS) is 13.5. The second kappa shape index (κ2) is 5.60. The monoisotopic (exact) mass is 226 g/mol. The molecule has 4 nitrogen and oxygen atoms in total. The van der Waals surface area contributed by atoms with Crippen LogP contribution in [0.15, 0.2) is 15.9 Å². The molecular weight excluding hydrogens is 212 g/mol. The van der Waals surface area contributed by atoms with Crippen LogP contribution in [0.25, 0.3) is 0 Å². The number of hydrogen-bond donors (Lipinski definition) is 1. The highest BCUT2D eigenvalue weighted by Gasteiger charge is 2.16. The highest BCUT2D eigenvalue weighted by atomic mass is 32.1. The molecule has 1 aromatic rings.